The third kappa shape index (κ3) is 4.28. The van der Waals surface area contributed by atoms with E-state index in [-0.39, 0.29) is 12.5 Å². The summed E-state index contributed by atoms with van der Waals surface area (Å²) >= 11 is 3.40. The van der Waals surface area contributed by atoms with Gasteiger partial charge in [0.25, 0.3) is 5.91 Å². The second-order valence-corrected chi connectivity index (χ2v) is 6.19. The number of halogens is 1. The van der Waals surface area contributed by atoms with Crippen molar-refractivity contribution in [2.45, 2.75) is 13.3 Å². The van der Waals surface area contributed by atoms with Crippen LogP contribution in [0.4, 0.5) is 0 Å². The molecule has 0 saturated carbocycles. The summed E-state index contributed by atoms with van der Waals surface area (Å²) in [7, 11) is 0. The lowest BCUT2D eigenvalue weighted by Gasteiger charge is -2.22. The number of benzene rings is 1. The number of carbonyl (C=O) groups is 2. The van der Waals surface area contributed by atoms with Crippen molar-refractivity contribution in [2.24, 2.45) is 0 Å². The van der Waals surface area contributed by atoms with Crippen molar-refractivity contribution >= 4 is 27.8 Å². The molecular weight excluding hydrogens is 336 g/mol. The van der Waals surface area contributed by atoms with Gasteiger partial charge in [0.2, 0.25) is 0 Å². The van der Waals surface area contributed by atoms with Gasteiger partial charge in [-0.05, 0) is 37.1 Å². The molecule has 0 unspecified atom stereocenters. The molecule has 1 aliphatic rings. The van der Waals surface area contributed by atoms with Crippen LogP contribution in [0.1, 0.15) is 22.3 Å². The first-order valence-corrected chi connectivity index (χ1v) is 7.76. The van der Waals surface area contributed by atoms with Crippen molar-refractivity contribution in [3.05, 3.63) is 33.8 Å². The highest BCUT2D eigenvalue weighted by atomic mass is 79.9. The molecule has 0 radical (unpaired) electrons. The molecule has 0 aromatic heterocycles. The van der Waals surface area contributed by atoms with Crippen LogP contribution in [-0.2, 0) is 4.79 Å². The maximum Gasteiger partial charge on any atom is 0.317 e. The predicted molar refractivity (Wildman–Crippen MR) is 83.5 cm³/mol. The lowest BCUT2D eigenvalue weighted by Crippen LogP contribution is -2.36. The fourth-order valence-electron chi connectivity index (χ4n) is 2.56. The zero-order chi connectivity index (χ0) is 15.4. The lowest BCUT2D eigenvalue weighted by molar-refractivity contribution is -0.138. The number of hydrogen-bond acceptors (Lipinski definition) is 3. The highest BCUT2D eigenvalue weighted by Crippen LogP contribution is 2.18. The van der Waals surface area contributed by atoms with Gasteiger partial charge in [-0.3, -0.25) is 14.5 Å². The van der Waals surface area contributed by atoms with Crippen LogP contribution in [0.2, 0.25) is 0 Å². The summed E-state index contributed by atoms with van der Waals surface area (Å²) in [6.07, 6.45) is 0.800. The van der Waals surface area contributed by atoms with E-state index in [0.29, 0.717) is 25.2 Å². The van der Waals surface area contributed by atoms with Crippen LogP contribution >= 0.6 is 15.9 Å². The van der Waals surface area contributed by atoms with Gasteiger partial charge in [-0.15, -0.1) is 0 Å². The summed E-state index contributed by atoms with van der Waals surface area (Å²) in [5.74, 6) is -0.796. The van der Waals surface area contributed by atoms with E-state index in [2.05, 4.69) is 15.9 Å². The third-order valence-corrected chi connectivity index (χ3v) is 4.15. The van der Waals surface area contributed by atoms with Gasteiger partial charge < -0.3 is 10.0 Å². The molecule has 1 saturated heterocycles. The van der Waals surface area contributed by atoms with E-state index in [4.69, 9.17) is 5.11 Å². The van der Waals surface area contributed by atoms with Crippen molar-refractivity contribution in [2.75, 3.05) is 32.7 Å². The molecular formula is C15H19BrN2O3. The van der Waals surface area contributed by atoms with Gasteiger partial charge in [-0.2, -0.15) is 0 Å². The van der Waals surface area contributed by atoms with Crippen molar-refractivity contribution in [3.63, 3.8) is 0 Å². The van der Waals surface area contributed by atoms with E-state index >= 15 is 0 Å². The largest absolute Gasteiger partial charge is 0.480 e. The second-order valence-electron chi connectivity index (χ2n) is 5.27. The van der Waals surface area contributed by atoms with Crippen molar-refractivity contribution in [1.29, 1.82) is 0 Å². The van der Waals surface area contributed by atoms with Crippen LogP contribution in [0.25, 0.3) is 0 Å². The first-order valence-electron chi connectivity index (χ1n) is 6.97. The molecule has 0 spiro atoms. The van der Waals surface area contributed by atoms with E-state index in [1.807, 2.05) is 34.9 Å². The minimum Gasteiger partial charge on any atom is -0.480 e. The summed E-state index contributed by atoms with van der Waals surface area (Å²) in [6, 6.07) is 5.64. The molecule has 6 heteroatoms. The Morgan fingerprint density at radius 2 is 2.00 bits per heavy atom. The Bertz CT molecular complexity index is 548. The first-order chi connectivity index (χ1) is 9.97. The fourth-order valence-corrected chi connectivity index (χ4v) is 3.04. The van der Waals surface area contributed by atoms with Crippen LogP contribution in [-0.4, -0.2) is 59.5 Å². The van der Waals surface area contributed by atoms with Gasteiger partial charge in [0.15, 0.2) is 0 Å². The molecule has 0 aliphatic carbocycles. The van der Waals surface area contributed by atoms with Crippen LogP contribution in [0.15, 0.2) is 22.7 Å². The molecule has 0 atom stereocenters. The second kappa shape index (κ2) is 7.04. The number of carboxylic acids is 1. The summed E-state index contributed by atoms with van der Waals surface area (Å²) < 4.78 is 0.958. The molecule has 1 amide bonds. The quantitative estimate of drug-likeness (QED) is 0.901. The molecule has 1 aliphatic heterocycles. The van der Waals surface area contributed by atoms with E-state index < -0.39 is 5.97 Å². The Balaban J connectivity index is 2.04. The highest BCUT2D eigenvalue weighted by Gasteiger charge is 2.22. The number of aryl methyl sites for hydroxylation is 1. The molecule has 1 N–H and O–H groups in total. The average molecular weight is 355 g/mol. The van der Waals surface area contributed by atoms with Crippen LogP contribution < -0.4 is 0 Å². The Labute approximate surface area is 132 Å². The zero-order valence-electron chi connectivity index (χ0n) is 12.0. The number of carboxylic acid groups (broad SMARTS) is 1. The average Bonchev–Trinajstić information content (AvgIpc) is 2.63. The minimum absolute atomic E-state index is 0.0252. The summed E-state index contributed by atoms with van der Waals surface area (Å²) in [4.78, 5) is 27.1. The third-order valence-electron chi connectivity index (χ3n) is 3.65. The van der Waals surface area contributed by atoms with Gasteiger partial charge in [-0.25, -0.2) is 0 Å². The fraction of sp³-hybridized carbons (Fsp3) is 0.467. The normalized spacial score (nSPS) is 16.6. The Kier molecular flexibility index (Phi) is 5.36. The monoisotopic (exact) mass is 354 g/mol. The topological polar surface area (TPSA) is 60.9 Å². The molecule has 1 aromatic carbocycles. The van der Waals surface area contributed by atoms with E-state index in [1.54, 1.807) is 0 Å². The van der Waals surface area contributed by atoms with Gasteiger partial charge >= 0.3 is 5.97 Å². The molecule has 5 nitrogen and oxygen atoms in total. The van der Waals surface area contributed by atoms with Crippen LogP contribution in [0.3, 0.4) is 0 Å². The number of nitrogens with zero attached hydrogens (tertiary/aromatic N) is 2. The Morgan fingerprint density at radius 3 is 2.67 bits per heavy atom. The molecule has 21 heavy (non-hydrogen) atoms. The van der Waals surface area contributed by atoms with Crippen molar-refractivity contribution in [3.8, 4) is 0 Å². The Hall–Kier alpha value is -1.40. The van der Waals surface area contributed by atoms with Crippen LogP contribution in [0, 0.1) is 6.92 Å². The Morgan fingerprint density at radius 1 is 1.24 bits per heavy atom. The van der Waals surface area contributed by atoms with E-state index in [9.17, 15) is 9.59 Å². The number of carbonyl (C=O) groups excluding carboxylic acids is 1. The molecule has 0 bridgehead atoms. The number of amides is 1. The lowest BCUT2D eigenvalue weighted by atomic mass is 10.1. The molecule has 2 rings (SSSR count). The zero-order valence-corrected chi connectivity index (χ0v) is 13.6. The molecule has 1 heterocycles. The molecule has 114 valence electrons. The highest BCUT2D eigenvalue weighted by molar-refractivity contribution is 9.10. The maximum absolute atomic E-state index is 12.6. The minimum atomic E-state index is -0.821. The van der Waals surface area contributed by atoms with E-state index in [0.717, 1.165) is 23.0 Å². The van der Waals surface area contributed by atoms with Gasteiger partial charge in [-0.1, -0.05) is 15.9 Å². The van der Waals surface area contributed by atoms with Gasteiger partial charge in [0, 0.05) is 36.2 Å². The van der Waals surface area contributed by atoms with Crippen molar-refractivity contribution < 1.29 is 14.7 Å². The molecule has 1 fully saturated rings. The van der Waals surface area contributed by atoms with Crippen molar-refractivity contribution in [1.82, 2.24) is 9.80 Å². The summed E-state index contributed by atoms with van der Waals surface area (Å²) in [5, 5.41) is 8.85. The van der Waals surface area contributed by atoms with Crippen LogP contribution in [0.5, 0.6) is 0 Å². The molecule has 1 aromatic rings. The first kappa shape index (κ1) is 16.0. The summed E-state index contributed by atoms with van der Waals surface area (Å²) in [6.45, 7) is 4.53. The number of aliphatic carboxylic acids is 1. The number of rotatable bonds is 3. The van der Waals surface area contributed by atoms with Gasteiger partial charge in [0.1, 0.15) is 0 Å². The number of hydrogen-bond donors (Lipinski definition) is 1. The summed E-state index contributed by atoms with van der Waals surface area (Å²) in [5.41, 5.74) is 1.66. The standard InChI is InChI=1S/C15H19BrN2O3/c1-11-9-12(16)3-4-13(11)15(21)18-6-2-5-17(7-8-18)10-14(19)20/h3-4,9H,2,5-8,10H2,1H3,(H,19,20). The SMILES string of the molecule is Cc1cc(Br)ccc1C(=O)N1CCCN(CC(=O)O)CC1. The maximum atomic E-state index is 12.6. The predicted octanol–water partition coefficient (Wildman–Crippen LogP) is 1.99. The van der Waals surface area contributed by atoms with Gasteiger partial charge in [0.05, 0.1) is 6.54 Å². The van der Waals surface area contributed by atoms with E-state index in [1.165, 1.54) is 0 Å². The smallest absolute Gasteiger partial charge is 0.317 e.